The molecule has 2 aromatic carbocycles. The summed E-state index contributed by atoms with van der Waals surface area (Å²) < 4.78 is 1.27. The molecule has 0 aliphatic carbocycles. The number of aliphatic carboxylic acids is 2. The number of carbonyl (C=O) groups is 17. The van der Waals surface area contributed by atoms with Crippen LogP contribution in [-0.4, -0.2) is 250 Å². The lowest BCUT2D eigenvalue weighted by Crippen LogP contribution is -2.52. The summed E-state index contributed by atoms with van der Waals surface area (Å²) in [4.78, 5) is 249. The van der Waals surface area contributed by atoms with Crippen molar-refractivity contribution < 1.29 is 102 Å². The lowest BCUT2D eigenvalue weighted by molar-refractivity contribution is -0.148. The number of H-pyrrole nitrogens is 1. The molecular formula is C77H106N18O21S2. The monoisotopic (exact) mass is 1680 g/mol. The van der Waals surface area contributed by atoms with Crippen LogP contribution in [0.3, 0.4) is 0 Å². The minimum Gasteiger partial charge on any atom is -0.508 e. The number of carbonyl (C=O) groups excluding carboxylic acids is 15. The van der Waals surface area contributed by atoms with Crippen LogP contribution >= 0.6 is 21.6 Å². The lowest BCUT2D eigenvalue weighted by Gasteiger charge is -2.30. The number of aromatic nitrogens is 4. The Morgan fingerprint density at radius 2 is 1.34 bits per heavy atom. The van der Waals surface area contributed by atoms with Gasteiger partial charge in [-0.25, -0.2) is 4.79 Å². The molecule has 642 valence electrons. The first-order valence-corrected chi connectivity index (χ1v) is 41.5. The number of carboxylic acid groups (broad SMARTS) is 2. The van der Waals surface area contributed by atoms with Crippen LogP contribution in [0.4, 0.5) is 4.79 Å². The van der Waals surface area contributed by atoms with E-state index in [1.165, 1.54) is 42.2 Å². The summed E-state index contributed by atoms with van der Waals surface area (Å²) >= 11 is 0. The van der Waals surface area contributed by atoms with Crippen molar-refractivity contribution in [2.45, 2.75) is 184 Å². The van der Waals surface area contributed by atoms with Crippen molar-refractivity contribution in [3.05, 3.63) is 77.7 Å². The maximum absolute atomic E-state index is 15.5. The zero-order chi connectivity index (χ0) is 86.4. The largest absolute Gasteiger partial charge is 0.508 e. The number of para-hydroxylation sites is 1. The lowest BCUT2D eigenvalue weighted by atomic mass is 9.88. The number of likely N-dealkylation sites (N-methyl/N-ethyl adjacent to an activating group) is 1. The summed E-state index contributed by atoms with van der Waals surface area (Å²) in [5.74, 6) is -25.5. The number of nitrogens with zero attached hydrogens (tertiary/aromatic N) is 5. The van der Waals surface area contributed by atoms with E-state index in [9.17, 15) is 68.4 Å². The van der Waals surface area contributed by atoms with E-state index < -0.39 is 261 Å². The molecule has 3 aliphatic rings. The van der Waals surface area contributed by atoms with Crippen LogP contribution in [0.2, 0.25) is 0 Å². The predicted molar refractivity (Wildman–Crippen MR) is 427 cm³/mol. The second-order valence-electron chi connectivity index (χ2n) is 30.1. The van der Waals surface area contributed by atoms with Crippen LogP contribution < -0.4 is 60.2 Å². The van der Waals surface area contributed by atoms with Crippen LogP contribution in [-0.2, 0) is 103 Å². The third kappa shape index (κ3) is 29.5. The number of primary amides is 2. The number of phenols is 1. The summed E-state index contributed by atoms with van der Waals surface area (Å²) in [5, 5.41) is 76.7. The van der Waals surface area contributed by atoms with Gasteiger partial charge in [0.05, 0.1) is 66.8 Å². The van der Waals surface area contributed by atoms with Gasteiger partial charge in [-0.2, -0.15) is 0 Å². The van der Waals surface area contributed by atoms with Crippen LogP contribution in [0.5, 0.6) is 5.75 Å². The maximum atomic E-state index is 15.5. The highest BCUT2D eigenvalue weighted by Gasteiger charge is 2.43. The fraction of sp³-hybridized carbons (Fsp3) is 0.558. The number of guanidine groups is 1. The van der Waals surface area contributed by atoms with Crippen molar-refractivity contribution >= 4 is 138 Å². The van der Waals surface area contributed by atoms with Crippen LogP contribution in [0.15, 0.2) is 60.9 Å². The number of amides is 10. The summed E-state index contributed by atoms with van der Waals surface area (Å²) in [5.41, 5.74) is 24.1. The van der Waals surface area contributed by atoms with Crippen LogP contribution in [0.25, 0.3) is 10.9 Å². The fourth-order valence-corrected chi connectivity index (χ4v) is 17.0. The van der Waals surface area contributed by atoms with Gasteiger partial charge in [-0.15, -0.1) is 5.10 Å². The number of benzene rings is 2. The molecule has 0 radical (unpaired) electrons. The highest BCUT2D eigenvalue weighted by Crippen LogP contribution is 2.32. The molecule has 3 aliphatic heterocycles. The summed E-state index contributed by atoms with van der Waals surface area (Å²) in [6, 6.07) is 2.20. The molecular weight excluding hydrogens is 1580 g/mol. The molecule has 2 saturated heterocycles. The number of fused-ring (bicyclic) bond motifs is 12. The molecule has 10 amide bonds. The Morgan fingerprint density at radius 1 is 0.703 bits per heavy atom. The second kappa shape index (κ2) is 46.1. The Kier molecular flexibility index (Phi) is 36.7. The SMILES string of the molecule is C[C@@H](O)[C@@H]1NC(=O)[C@H]2CC(=O)[C@@H](NC(=O)CN)CSSC[C@H](NC(=O)[C@H](CCCNC(=N)N)CC(=O)[C@@H]3CCCN3C(=O)[C@H](CC(=O)O)CC1=O)C(=O)C[C@@H](CCCNC(N)=O)C(=O)N[C@@H](Cc1c[nH]c3ccccc13)C(=O)C[C@@H](CCC(N)=O)C(=O)N[C@H](C(=O)C[C@@H](Cc1ccc(O)cc1)C(=O)N(C)CC(=O)O)CCCn1cc(nn1)C2. The standard InChI is InChI=1S/C77H106N18O21S2/c1-41(96)69-64(103)33-48(34-67(106)107)75(115)95-24-8-14-58(95)63(102)30-44(9-5-21-83-76(80)81)71(111)89-57-40-118-117-39-56(86-66(105)35-78)62(101)31-46(73(113)90-69)26-50-37-94(92-91-50)23-7-13-54(59(98)32-47(74(114)93(2)38-68(108)109)25-42-15-18-51(97)19-16-42)87-72(112)45(17-20-65(79)104)29-60(99)55(27-49-36-85-53-12-4-3-11-52(49)53)88-70(110)43(28-61(57)100)10-6-22-84-77(82)116/h3-4,11-12,15-16,18-19,36-37,41,43-48,54-58,69,85,96-97H,5-10,13-14,17,20-35,38-40,78H2,1-2H3,(H2,79,104)(H,86,105)(H,87,112)(H,88,110)(H,89,111)(H,90,113)(H,106,107)(H,108,109)(H4,80,81,83)(H3,82,84,116)/t41-,43-,44-,45-,46-,47-,48+,54+,55+,56+,57+,58+,69+/m1/s1. The summed E-state index contributed by atoms with van der Waals surface area (Å²) in [7, 11) is 3.02. The van der Waals surface area contributed by atoms with Gasteiger partial charge in [0, 0.05) is 149 Å². The van der Waals surface area contributed by atoms with Gasteiger partial charge < -0.3 is 95.4 Å². The number of aliphatic hydroxyl groups is 1. The molecule has 4 bridgehead atoms. The quantitative estimate of drug-likeness (QED) is 0.0153. The van der Waals surface area contributed by atoms with E-state index in [2.05, 4.69) is 52.5 Å². The van der Waals surface area contributed by atoms with Gasteiger partial charge in [-0.3, -0.25) is 86.8 Å². The van der Waals surface area contributed by atoms with E-state index in [1.807, 2.05) is 0 Å². The van der Waals surface area contributed by atoms with Gasteiger partial charge in [0.15, 0.2) is 40.7 Å². The minimum atomic E-state index is -1.89. The number of Topliss-reactive ketones (excluding diaryl/α,β-unsaturated/α-hetero) is 6. The molecule has 7 rings (SSSR count). The molecule has 0 saturated carbocycles. The summed E-state index contributed by atoms with van der Waals surface area (Å²) in [6.07, 6.45) is -6.60. The van der Waals surface area contributed by atoms with Gasteiger partial charge >= 0.3 is 18.0 Å². The first kappa shape index (κ1) is 94.0. The number of rotatable bonds is 26. The summed E-state index contributed by atoms with van der Waals surface area (Å²) in [6.45, 7) is -0.706. The van der Waals surface area contributed by atoms with Crippen molar-refractivity contribution in [2.24, 2.45) is 58.4 Å². The van der Waals surface area contributed by atoms with E-state index in [4.69, 9.17) is 28.3 Å². The average molecular weight is 1680 g/mol. The van der Waals surface area contributed by atoms with E-state index in [1.54, 1.807) is 30.5 Å². The number of aliphatic hydroxyl groups excluding tert-OH is 1. The van der Waals surface area contributed by atoms with Crippen molar-refractivity contribution in [1.82, 2.24) is 67.0 Å². The number of ketones is 6. The van der Waals surface area contributed by atoms with Gasteiger partial charge in [-0.1, -0.05) is 57.1 Å². The number of aromatic amines is 1. The number of nitrogens with two attached hydrogens (primary N) is 4. The van der Waals surface area contributed by atoms with Crippen LogP contribution in [0, 0.1) is 40.9 Å². The smallest absolute Gasteiger partial charge is 0.323 e. The Labute approximate surface area is 686 Å². The third-order valence-corrected chi connectivity index (χ3v) is 23.3. The molecule has 13 atom stereocenters. The number of urea groups is 1. The predicted octanol–water partition coefficient (Wildman–Crippen LogP) is -1.12. The number of phenolic OH excluding ortho intramolecular Hbond substituents is 1. The molecule has 41 heteroatoms. The Morgan fingerprint density at radius 3 is 2.00 bits per heavy atom. The normalized spacial score (nSPS) is 23.6. The second-order valence-corrected chi connectivity index (χ2v) is 32.6. The highest BCUT2D eigenvalue weighted by molar-refractivity contribution is 8.76. The van der Waals surface area contributed by atoms with Crippen LogP contribution in [0.1, 0.15) is 133 Å². The van der Waals surface area contributed by atoms with Crippen molar-refractivity contribution in [3.8, 4) is 5.75 Å². The van der Waals surface area contributed by atoms with Gasteiger partial charge in [0.1, 0.15) is 18.3 Å². The number of hydrogen-bond acceptors (Lipinski definition) is 25. The molecule has 4 aromatic rings. The zero-order valence-corrected chi connectivity index (χ0v) is 67.3. The van der Waals surface area contributed by atoms with Crippen molar-refractivity contribution in [1.29, 1.82) is 5.41 Å². The molecule has 0 unspecified atom stereocenters. The average Bonchev–Trinajstić information content (AvgIpc) is 1.60. The number of nitrogens with one attached hydrogen (secondary N) is 9. The molecule has 2 aromatic heterocycles. The molecule has 5 heterocycles. The van der Waals surface area contributed by atoms with E-state index in [-0.39, 0.29) is 113 Å². The Hall–Kier alpha value is -11.2. The Bertz CT molecular complexity index is 4310. The topological polar surface area (TPSA) is 636 Å². The van der Waals surface area contributed by atoms with Gasteiger partial charge in [-0.05, 0) is 100 Å². The first-order chi connectivity index (χ1) is 56.1. The van der Waals surface area contributed by atoms with Gasteiger partial charge in [0.25, 0.3) is 0 Å². The van der Waals surface area contributed by atoms with E-state index >= 15 is 33.6 Å². The number of hydrogen-bond donors (Lipinski definition) is 17. The molecule has 2 fully saturated rings. The number of aryl methyl sites for hydroxylation is 1. The molecule has 21 N–H and O–H groups in total. The number of aromatic hydroxyl groups is 1. The van der Waals surface area contributed by atoms with E-state index in [0.717, 1.165) is 38.3 Å². The minimum absolute atomic E-state index is 0.000912. The Balaban J connectivity index is 1.42. The first-order valence-electron chi connectivity index (χ1n) is 39.0. The van der Waals surface area contributed by atoms with Crippen molar-refractivity contribution in [3.63, 3.8) is 0 Å². The van der Waals surface area contributed by atoms with Gasteiger partial charge in [0.2, 0.25) is 47.3 Å². The third-order valence-electron chi connectivity index (χ3n) is 20.9. The number of carboxylic acids is 2. The zero-order valence-electron chi connectivity index (χ0n) is 65.7. The van der Waals surface area contributed by atoms with E-state index in [0.29, 0.717) is 22.0 Å². The maximum Gasteiger partial charge on any atom is 0.323 e. The molecule has 118 heavy (non-hydrogen) atoms. The fourth-order valence-electron chi connectivity index (χ4n) is 14.6. The molecule has 0 spiro atoms. The molecule has 39 nitrogen and oxygen atoms in total. The highest BCUT2D eigenvalue weighted by atomic mass is 33.1. The van der Waals surface area contributed by atoms with Crippen molar-refractivity contribution in [2.75, 3.05) is 51.3 Å².